The molecular weight excluding hydrogens is 458 g/mol. The van der Waals surface area contributed by atoms with Crippen molar-refractivity contribution in [3.8, 4) is 22.8 Å². The summed E-state index contributed by atoms with van der Waals surface area (Å²) in [5.74, 6) is -1.60. The number of esters is 1. The number of carbonyl (C=O) groups excluding carboxylic acids is 2. The van der Waals surface area contributed by atoms with Crippen molar-refractivity contribution in [3.05, 3.63) is 96.0 Å². The first kappa shape index (κ1) is 23.6. The lowest BCUT2D eigenvalue weighted by molar-refractivity contribution is -0.134. The number of methoxy groups -OCH3 is 1. The maximum Gasteiger partial charge on any atom is 0.311 e. The summed E-state index contributed by atoms with van der Waals surface area (Å²) in [7, 11) is 1.49. The van der Waals surface area contributed by atoms with E-state index in [0.717, 1.165) is 12.1 Å². The van der Waals surface area contributed by atoms with Crippen molar-refractivity contribution >= 4 is 17.6 Å². The Balaban J connectivity index is 1.31. The highest BCUT2D eigenvalue weighted by Gasteiger charge is 2.17. The molecule has 7 nitrogen and oxygen atoms in total. The molecule has 4 rings (SSSR count). The molecular formula is C26H20F2N2O5. The maximum atomic E-state index is 13.9. The van der Waals surface area contributed by atoms with Crippen molar-refractivity contribution in [2.75, 3.05) is 12.4 Å². The average molecular weight is 478 g/mol. The van der Waals surface area contributed by atoms with Gasteiger partial charge in [-0.05, 0) is 48.5 Å². The molecule has 0 fully saturated rings. The van der Waals surface area contributed by atoms with E-state index in [1.807, 2.05) is 0 Å². The lowest BCUT2D eigenvalue weighted by Gasteiger charge is -2.10. The molecule has 0 aliphatic carbocycles. The third-order valence-corrected chi connectivity index (χ3v) is 5.00. The van der Waals surface area contributed by atoms with Gasteiger partial charge < -0.3 is 19.2 Å². The number of nitrogens with zero attached hydrogens (tertiary/aromatic N) is 1. The number of para-hydroxylation sites is 1. The Morgan fingerprint density at radius 2 is 1.69 bits per heavy atom. The molecule has 0 radical (unpaired) electrons. The molecule has 0 bridgehead atoms. The fourth-order valence-corrected chi connectivity index (χ4v) is 3.30. The van der Waals surface area contributed by atoms with Crippen molar-refractivity contribution in [2.24, 2.45) is 0 Å². The Morgan fingerprint density at radius 3 is 2.40 bits per heavy atom. The summed E-state index contributed by atoms with van der Waals surface area (Å²) in [6.45, 7) is 0. The number of carbonyl (C=O) groups is 2. The van der Waals surface area contributed by atoms with Crippen LogP contribution in [0, 0.1) is 11.6 Å². The smallest absolute Gasteiger partial charge is 0.311 e. The van der Waals surface area contributed by atoms with E-state index >= 15 is 0 Å². The van der Waals surface area contributed by atoms with Crippen molar-refractivity contribution in [3.63, 3.8) is 0 Å². The minimum Gasteiger partial charge on any atom is -0.496 e. The highest BCUT2D eigenvalue weighted by molar-refractivity contribution is 6.06. The zero-order valence-electron chi connectivity index (χ0n) is 18.6. The molecule has 178 valence electrons. The van der Waals surface area contributed by atoms with E-state index in [1.165, 1.54) is 19.4 Å². The lowest BCUT2D eigenvalue weighted by Crippen LogP contribution is -2.13. The molecule has 1 N–H and O–H groups in total. The summed E-state index contributed by atoms with van der Waals surface area (Å²) in [4.78, 5) is 28.6. The van der Waals surface area contributed by atoms with Gasteiger partial charge in [0, 0.05) is 12.1 Å². The van der Waals surface area contributed by atoms with Gasteiger partial charge in [-0.1, -0.05) is 18.2 Å². The number of amides is 1. The molecule has 0 unspecified atom stereocenters. The van der Waals surface area contributed by atoms with Crippen LogP contribution in [-0.4, -0.2) is 24.0 Å². The zero-order chi connectivity index (χ0) is 24.8. The number of benzene rings is 3. The number of hydrogen-bond acceptors (Lipinski definition) is 6. The van der Waals surface area contributed by atoms with E-state index < -0.39 is 17.6 Å². The second-order valence-electron chi connectivity index (χ2n) is 7.37. The number of aromatic nitrogens is 1. The molecule has 1 aromatic heterocycles. The summed E-state index contributed by atoms with van der Waals surface area (Å²) in [5, 5.41) is 2.75. The minimum absolute atomic E-state index is 0.0604. The number of halogens is 2. The van der Waals surface area contributed by atoms with E-state index in [0.29, 0.717) is 17.0 Å². The van der Waals surface area contributed by atoms with Crippen LogP contribution in [0.15, 0.2) is 77.3 Å². The third-order valence-electron chi connectivity index (χ3n) is 5.00. The average Bonchev–Trinajstić information content (AvgIpc) is 3.32. The van der Waals surface area contributed by atoms with Gasteiger partial charge in [-0.15, -0.1) is 0 Å². The van der Waals surface area contributed by atoms with Crippen LogP contribution in [0.3, 0.4) is 0 Å². The van der Waals surface area contributed by atoms with Crippen molar-refractivity contribution in [1.82, 2.24) is 4.98 Å². The van der Waals surface area contributed by atoms with Gasteiger partial charge in [0.2, 0.25) is 0 Å². The van der Waals surface area contributed by atoms with E-state index in [9.17, 15) is 18.4 Å². The predicted molar refractivity (Wildman–Crippen MR) is 123 cm³/mol. The SMILES string of the molecule is COc1ccccc1C(=O)Nc1ccc(OC(=O)CCc2ncc(-c3c(F)cccc3F)o2)cc1. The number of oxazole rings is 1. The number of rotatable bonds is 8. The number of anilines is 1. The standard InChI is InChI=1S/C26H20F2N2O5/c1-33-21-8-3-2-5-18(21)26(32)30-16-9-11-17(12-10-16)34-24(31)14-13-23-29-15-22(35-23)25-19(27)6-4-7-20(25)28/h2-12,15H,13-14H2,1H3,(H,30,32). The Hall–Kier alpha value is -4.53. The summed E-state index contributed by atoms with van der Waals surface area (Å²) in [6.07, 6.45) is 1.23. The molecule has 1 heterocycles. The summed E-state index contributed by atoms with van der Waals surface area (Å²) < 4.78 is 43.6. The van der Waals surface area contributed by atoms with Crippen LogP contribution in [0.5, 0.6) is 11.5 Å². The highest BCUT2D eigenvalue weighted by atomic mass is 19.1. The van der Waals surface area contributed by atoms with E-state index in [-0.39, 0.29) is 41.7 Å². The predicted octanol–water partition coefficient (Wildman–Crippen LogP) is 5.42. The zero-order valence-corrected chi connectivity index (χ0v) is 18.6. The van der Waals surface area contributed by atoms with E-state index in [2.05, 4.69) is 10.3 Å². The van der Waals surface area contributed by atoms with Gasteiger partial charge in [0.05, 0.1) is 30.9 Å². The summed E-state index contributed by atoms with van der Waals surface area (Å²) in [6, 6.07) is 16.6. The van der Waals surface area contributed by atoms with Crippen LogP contribution in [0.4, 0.5) is 14.5 Å². The van der Waals surface area contributed by atoms with Gasteiger partial charge in [0.15, 0.2) is 11.7 Å². The van der Waals surface area contributed by atoms with Crippen LogP contribution >= 0.6 is 0 Å². The molecule has 0 aliphatic rings. The highest BCUT2D eigenvalue weighted by Crippen LogP contribution is 2.27. The molecule has 0 atom stereocenters. The molecule has 9 heteroatoms. The molecule has 4 aromatic rings. The second kappa shape index (κ2) is 10.6. The van der Waals surface area contributed by atoms with Crippen LogP contribution in [0.2, 0.25) is 0 Å². The largest absolute Gasteiger partial charge is 0.496 e. The second-order valence-corrected chi connectivity index (χ2v) is 7.37. The summed E-state index contributed by atoms with van der Waals surface area (Å²) in [5.41, 5.74) is 0.582. The molecule has 0 spiro atoms. The van der Waals surface area contributed by atoms with Crippen LogP contribution in [0.25, 0.3) is 11.3 Å². The van der Waals surface area contributed by atoms with Crippen LogP contribution < -0.4 is 14.8 Å². The van der Waals surface area contributed by atoms with Crippen molar-refractivity contribution < 1.29 is 32.3 Å². The first-order valence-electron chi connectivity index (χ1n) is 10.6. The molecule has 1 amide bonds. The Morgan fingerprint density at radius 1 is 0.971 bits per heavy atom. The monoisotopic (exact) mass is 478 g/mol. The minimum atomic E-state index is -0.769. The fraction of sp³-hybridized carbons (Fsp3) is 0.115. The van der Waals surface area contributed by atoms with E-state index in [4.69, 9.17) is 13.9 Å². The third kappa shape index (κ3) is 5.70. The molecule has 3 aromatic carbocycles. The van der Waals surface area contributed by atoms with Gasteiger partial charge in [-0.25, -0.2) is 13.8 Å². The fourth-order valence-electron chi connectivity index (χ4n) is 3.30. The van der Waals surface area contributed by atoms with E-state index in [1.54, 1.807) is 48.5 Å². The Bertz CT molecular complexity index is 1330. The normalized spacial score (nSPS) is 10.6. The van der Waals surface area contributed by atoms with Gasteiger partial charge in [0.1, 0.15) is 23.1 Å². The Kier molecular flexibility index (Phi) is 7.15. The summed E-state index contributed by atoms with van der Waals surface area (Å²) >= 11 is 0. The van der Waals surface area contributed by atoms with Crippen molar-refractivity contribution in [2.45, 2.75) is 12.8 Å². The molecule has 0 saturated carbocycles. The topological polar surface area (TPSA) is 90.7 Å². The first-order chi connectivity index (χ1) is 16.9. The quantitative estimate of drug-likeness (QED) is 0.269. The Labute approximate surface area is 199 Å². The van der Waals surface area contributed by atoms with Crippen molar-refractivity contribution in [1.29, 1.82) is 0 Å². The molecule has 0 aliphatic heterocycles. The van der Waals surface area contributed by atoms with Gasteiger partial charge in [-0.3, -0.25) is 9.59 Å². The number of aryl methyl sites for hydroxylation is 1. The maximum absolute atomic E-state index is 13.9. The number of hydrogen-bond donors (Lipinski definition) is 1. The lowest BCUT2D eigenvalue weighted by atomic mass is 10.1. The first-order valence-corrected chi connectivity index (χ1v) is 10.6. The van der Waals surface area contributed by atoms with Gasteiger partial charge in [0.25, 0.3) is 5.91 Å². The number of ether oxygens (including phenoxy) is 2. The van der Waals surface area contributed by atoms with Crippen LogP contribution in [0.1, 0.15) is 22.7 Å². The molecule has 0 saturated heterocycles. The number of nitrogens with one attached hydrogen (secondary N) is 1. The molecule has 35 heavy (non-hydrogen) atoms. The van der Waals surface area contributed by atoms with Gasteiger partial charge in [-0.2, -0.15) is 0 Å². The van der Waals surface area contributed by atoms with Gasteiger partial charge >= 0.3 is 5.97 Å². The van der Waals surface area contributed by atoms with Crippen LogP contribution in [-0.2, 0) is 11.2 Å².